The van der Waals surface area contributed by atoms with Gasteiger partial charge in [-0.15, -0.1) is 0 Å². The Kier molecular flexibility index (Phi) is 3.54. The van der Waals surface area contributed by atoms with Gasteiger partial charge in [-0.05, 0) is 36.1 Å². The van der Waals surface area contributed by atoms with Gasteiger partial charge >= 0.3 is 0 Å². The summed E-state index contributed by atoms with van der Waals surface area (Å²) >= 11 is 0. The maximum absolute atomic E-state index is 4.40. The zero-order chi connectivity index (χ0) is 16.5. The lowest BCUT2D eigenvalue weighted by molar-refractivity contribution is -0.659. The van der Waals surface area contributed by atoms with E-state index < -0.39 is 0 Å². The van der Waals surface area contributed by atoms with Crippen LogP contribution in [0.25, 0.3) is 33.3 Å². The Hall–Kier alpha value is -3.07. The van der Waals surface area contributed by atoms with E-state index in [1.165, 1.54) is 27.6 Å². The summed E-state index contributed by atoms with van der Waals surface area (Å²) in [5, 5.41) is 2.41. The van der Waals surface area contributed by atoms with E-state index in [0.717, 1.165) is 11.3 Å². The van der Waals surface area contributed by atoms with E-state index in [1.807, 2.05) is 0 Å². The molecular formula is C21H18N3+. The molecule has 0 atom stereocenters. The lowest BCUT2D eigenvalue weighted by Gasteiger charge is -2.07. The van der Waals surface area contributed by atoms with E-state index in [0.29, 0.717) is 0 Å². The normalized spacial score (nSPS) is 10.9. The molecule has 0 bridgehead atoms. The zero-order valence-electron chi connectivity index (χ0n) is 13.8. The van der Waals surface area contributed by atoms with Gasteiger partial charge in [-0.2, -0.15) is 0 Å². The molecule has 0 radical (unpaired) electrons. The fourth-order valence-corrected chi connectivity index (χ4v) is 3.08. The quantitative estimate of drug-likeness (QED) is 0.522. The fourth-order valence-electron chi connectivity index (χ4n) is 3.08. The molecule has 0 saturated carbocycles. The molecule has 3 nitrogen and oxygen atoms in total. The predicted molar refractivity (Wildman–Crippen MR) is 96.3 cm³/mol. The lowest BCUT2D eigenvalue weighted by Crippen LogP contribution is -2.30. The smallest absolute Gasteiger partial charge is 0.213 e. The summed E-state index contributed by atoms with van der Waals surface area (Å²) in [7, 11) is 2.10. The van der Waals surface area contributed by atoms with Crippen LogP contribution in [0.4, 0.5) is 0 Å². The van der Waals surface area contributed by atoms with E-state index in [-0.39, 0.29) is 0 Å². The molecule has 0 aliphatic rings. The first-order valence-corrected chi connectivity index (χ1v) is 7.98. The van der Waals surface area contributed by atoms with E-state index in [4.69, 9.17) is 0 Å². The summed E-state index contributed by atoms with van der Waals surface area (Å²) < 4.78 is 2.19. The van der Waals surface area contributed by atoms with Crippen molar-refractivity contribution in [3.8, 4) is 22.5 Å². The molecule has 2 heterocycles. The van der Waals surface area contributed by atoms with Crippen LogP contribution in [0.15, 0.2) is 73.3 Å². The van der Waals surface area contributed by atoms with Crippen molar-refractivity contribution in [1.82, 2.24) is 9.97 Å². The predicted octanol–water partition coefficient (Wildman–Crippen LogP) is 4.10. The first-order valence-electron chi connectivity index (χ1n) is 7.98. The molecule has 2 aromatic heterocycles. The van der Waals surface area contributed by atoms with Crippen LogP contribution in [0.3, 0.4) is 0 Å². The van der Waals surface area contributed by atoms with Crippen LogP contribution in [0.1, 0.15) is 5.56 Å². The van der Waals surface area contributed by atoms with Gasteiger partial charge in [-0.3, -0.25) is 9.97 Å². The van der Waals surface area contributed by atoms with Crippen LogP contribution >= 0.6 is 0 Å². The topological polar surface area (TPSA) is 29.7 Å². The molecule has 0 aliphatic heterocycles. The van der Waals surface area contributed by atoms with Crippen molar-refractivity contribution < 1.29 is 4.57 Å². The highest BCUT2D eigenvalue weighted by Gasteiger charge is 2.14. The Morgan fingerprint density at radius 3 is 2.58 bits per heavy atom. The van der Waals surface area contributed by atoms with Crippen molar-refractivity contribution in [2.24, 2.45) is 7.05 Å². The minimum absolute atomic E-state index is 0.894. The largest absolute Gasteiger partial charge is 0.261 e. The maximum atomic E-state index is 4.40. The van der Waals surface area contributed by atoms with Crippen LogP contribution in [-0.4, -0.2) is 9.97 Å². The average Bonchev–Trinajstić information content (AvgIpc) is 2.62. The van der Waals surface area contributed by atoms with Gasteiger partial charge in [0, 0.05) is 35.0 Å². The van der Waals surface area contributed by atoms with Crippen LogP contribution in [0, 0.1) is 6.92 Å². The summed E-state index contributed by atoms with van der Waals surface area (Å²) in [4.78, 5) is 8.57. The number of pyridine rings is 1. The summed E-state index contributed by atoms with van der Waals surface area (Å²) in [5.41, 5.74) is 5.71. The Balaban J connectivity index is 1.91. The molecule has 0 aliphatic carbocycles. The molecule has 0 N–H and O–H groups in total. The molecule has 0 saturated heterocycles. The van der Waals surface area contributed by atoms with Gasteiger partial charge in [-0.1, -0.05) is 24.3 Å². The Bertz CT molecular complexity index is 1020. The summed E-state index contributed by atoms with van der Waals surface area (Å²) in [5.74, 6) is 0. The fraction of sp³-hybridized carbons (Fsp3) is 0.0952. The van der Waals surface area contributed by atoms with Crippen molar-refractivity contribution in [2.75, 3.05) is 0 Å². The highest BCUT2D eigenvalue weighted by atomic mass is 14.9. The average molecular weight is 312 g/mol. The second-order valence-corrected chi connectivity index (χ2v) is 6.02. The Labute approximate surface area is 141 Å². The zero-order valence-corrected chi connectivity index (χ0v) is 13.8. The van der Waals surface area contributed by atoms with E-state index >= 15 is 0 Å². The van der Waals surface area contributed by atoms with Crippen LogP contribution < -0.4 is 4.57 Å². The van der Waals surface area contributed by atoms with Gasteiger partial charge < -0.3 is 0 Å². The van der Waals surface area contributed by atoms with Gasteiger partial charge in [0.15, 0.2) is 6.20 Å². The summed E-state index contributed by atoms with van der Waals surface area (Å²) in [6, 6.07) is 17.1. The number of hydrogen-bond donors (Lipinski definition) is 0. The first kappa shape index (κ1) is 14.5. The molecule has 24 heavy (non-hydrogen) atoms. The number of hydrogen-bond acceptors (Lipinski definition) is 2. The van der Waals surface area contributed by atoms with Crippen molar-refractivity contribution in [3.05, 3.63) is 78.9 Å². The van der Waals surface area contributed by atoms with Gasteiger partial charge in [-0.25, -0.2) is 4.57 Å². The first-order chi connectivity index (χ1) is 11.7. The van der Waals surface area contributed by atoms with E-state index in [1.54, 1.807) is 18.6 Å². The van der Waals surface area contributed by atoms with Crippen LogP contribution in [0.5, 0.6) is 0 Å². The molecule has 0 amide bonds. The molecule has 116 valence electrons. The van der Waals surface area contributed by atoms with Gasteiger partial charge in [0.2, 0.25) is 5.69 Å². The SMILES string of the molecule is Cc1ccccc1-c1cc2cc(-c3cnccn3)ccc2c[n+]1C. The molecule has 2 aromatic carbocycles. The van der Waals surface area contributed by atoms with E-state index in [9.17, 15) is 0 Å². The number of aryl methyl sites for hydroxylation is 2. The standard InChI is InChI=1S/C21H18N3/c1-15-5-3-4-6-19(15)21-12-18-11-16(20-13-22-9-10-23-20)7-8-17(18)14-24(21)2/h3-14H,1-2H3/q+1. The number of nitrogens with zero attached hydrogens (tertiary/aromatic N) is 3. The van der Waals surface area contributed by atoms with Gasteiger partial charge in [0.25, 0.3) is 0 Å². The Morgan fingerprint density at radius 1 is 0.917 bits per heavy atom. The third-order valence-electron chi connectivity index (χ3n) is 4.37. The molecular weight excluding hydrogens is 294 g/mol. The minimum atomic E-state index is 0.894. The van der Waals surface area contributed by atoms with E-state index in [2.05, 4.69) is 83.2 Å². The third kappa shape index (κ3) is 2.54. The van der Waals surface area contributed by atoms with Crippen molar-refractivity contribution in [3.63, 3.8) is 0 Å². The highest BCUT2D eigenvalue weighted by molar-refractivity contribution is 5.88. The molecule has 0 unspecified atom stereocenters. The second kappa shape index (κ2) is 5.85. The molecule has 0 spiro atoms. The van der Waals surface area contributed by atoms with Gasteiger partial charge in [0.1, 0.15) is 7.05 Å². The van der Waals surface area contributed by atoms with Crippen molar-refractivity contribution >= 4 is 10.8 Å². The summed E-state index contributed by atoms with van der Waals surface area (Å²) in [6.07, 6.45) is 7.40. The minimum Gasteiger partial charge on any atom is -0.261 e. The molecule has 0 fully saturated rings. The maximum Gasteiger partial charge on any atom is 0.213 e. The van der Waals surface area contributed by atoms with Crippen molar-refractivity contribution in [2.45, 2.75) is 6.92 Å². The number of fused-ring (bicyclic) bond motifs is 1. The van der Waals surface area contributed by atoms with Crippen LogP contribution in [0.2, 0.25) is 0 Å². The van der Waals surface area contributed by atoms with Crippen molar-refractivity contribution in [1.29, 1.82) is 0 Å². The van der Waals surface area contributed by atoms with Crippen LogP contribution in [-0.2, 0) is 7.05 Å². The lowest BCUT2D eigenvalue weighted by atomic mass is 10.0. The second-order valence-electron chi connectivity index (χ2n) is 6.02. The number of aromatic nitrogens is 3. The highest BCUT2D eigenvalue weighted by Crippen LogP contribution is 2.26. The molecule has 3 heteroatoms. The summed E-state index contributed by atoms with van der Waals surface area (Å²) in [6.45, 7) is 2.15. The molecule has 4 rings (SSSR count). The number of rotatable bonds is 2. The Morgan fingerprint density at radius 2 is 1.79 bits per heavy atom. The third-order valence-corrected chi connectivity index (χ3v) is 4.37. The van der Waals surface area contributed by atoms with Gasteiger partial charge in [0.05, 0.1) is 11.9 Å². The molecule has 4 aromatic rings. The monoisotopic (exact) mass is 312 g/mol. The number of benzene rings is 2.